The molecule has 0 amide bonds. The molecule has 21 heavy (non-hydrogen) atoms. The van der Waals surface area contributed by atoms with Crippen LogP contribution in [0.3, 0.4) is 0 Å². The molecule has 0 atom stereocenters. The molecule has 1 heterocycles. The van der Waals surface area contributed by atoms with Crippen LogP contribution in [0, 0.1) is 5.41 Å². The van der Waals surface area contributed by atoms with Gasteiger partial charge in [-0.1, -0.05) is 44.2 Å². The molecule has 2 rings (SSSR count). The van der Waals surface area contributed by atoms with Crippen molar-refractivity contribution < 1.29 is 5.11 Å². The van der Waals surface area contributed by atoms with E-state index in [0.717, 1.165) is 25.9 Å². The minimum absolute atomic E-state index is 0.238. The zero-order valence-corrected chi connectivity index (χ0v) is 13.7. The van der Waals surface area contributed by atoms with E-state index in [1.165, 1.54) is 15.3 Å². The first-order valence-electron chi connectivity index (χ1n) is 7.56. The summed E-state index contributed by atoms with van der Waals surface area (Å²) in [5, 5.41) is 12.5. The maximum Gasteiger partial charge on any atom is 0.0431 e. The molecule has 2 N–H and O–H groups in total. The molecule has 1 aromatic carbocycles. The van der Waals surface area contributed by atoms with Crippen LogP contribution in [0.2, 0.25) is 0 Å². The fourth-order valence-electron chi connectivity index (χ4n) is 2.40. The Balaban J connectivity index is 1.83. The number of aliphatic hydroxyl groups excluding tert-OH is 1. The van der Waals surface area contributed by atoms with Gasteiger partial charge in [0, 0.05) is 29.5 Å². The molecule has 3 heteroatoms. The summed E-state index contributed by atoms with van der Waals surface area (Å²) in [6.07, 6.45) is 1.93. The Morgan fingerprint density at radius 3 is 2.57 bits per heavy atom. The smallest absolute Gasteiger partial charge is 0.0431 e. The highest BCUT2D eigenvalue weighted by Gasteiger charge is 2.16. The second-order valence-electron chi connectivity index (χ2n) is 6.23. The van der Waals surface area contributed by atoms with Crippen LogP contribution >= 0.6 is 11.3 Å². The zero-order chi connectivity index (χ0) is 15.1. The van der Waals surface area contributed by atoms with Crippen LogP contribution in [0.4, 0.5) is 0 Å². The summed E-state index contributed by atoms with van der Waals surface area (Å²) in [7, 11) is 0. The predicted octanol–water partition coefficient (Wildman–Crippen LogP) is 4.30. The summed E-state index contributed by atoms with van der Waals surface area (Å²) in [4.78, 5) is 2.69. The van der Waals surface area contributed by atoms with Crippen molar-refractivity contribution >= 4 is 11.3 Å². The first-order valence-corrected chi connectivity index (χ1v) is 8.38. The van der Waals surface area contributed by atoms with Gasteiger partial charge >= 0.3 is 0 Å². The van der Waals surface area contributed by atoms with Gasteiger partial charge in [0.1, 0.15) is 0 Å². The van der Waals surface area contributed by atoms with E-state index in [0.29, 0.717) is 0 Å². The van der Waals surface area contributed by atoms with Crippen molar-refractivity contribution in [1.29, 1.82) is 0 Å². The number of nitrogens with one attached hydrogen (secondary N) is 1. The summed E-state index contributed by atoms with van der Waals surface area (Å²) in [5.41, 5.74) is 1.53. The van der Waals surface area contributed by atoms with Crippen LogP contribution in [-0.2, 0) is 6.54 Å². The van der Waals surface area contributed by atoms with Crippen LogP contribution < -0.4 is 5.32 Å². The number of aliphatic hydroxyl groups is 1. The summed E-state index contributed by atoms with van der Waals surface area (Å²) in [6.45, 7) is 6.68. The summed E-state index contributed by atoms with van der Waals surface area (Å²) in [6, 6.07) is 14.9. The minimum Gasteiger partial charge on any atom is -0.396 e. The van der Waals surface area contributed by atoms with E-state index in [-0.39, 0.29) is 12.0 Å². The topological polar surface area (TPSA) is 32.3 Å². The average Bonchev–Trinajstić information content (AvgIpc) is 2.95. The second-order valence-corrected chi connectivity index (χ2v) is 7.40. The van der Waals surface area contributed by atoms with Gasteiger partial charge in [-0.05, 0) is 36.0 Å². The van der Waals surface area contributed by atoms with Crippen LogP contribution in [0.1, 0.15) is 31.6 Å². The Labute approximate surface area is 131 Å². The Morgan fingerprint density at radius 1 is 1.10 bits per heavy atom. The monoisotopic (exact) mass is 303 g/mol. The van der Waals surface area contributed by atoms with Gasteiger partial charge in [0.25, 0.3) is 0 Å². The third kappa shape index (κ3) is 5.27. The fraction of sp³-hybridized carbons (Fsp3) is 0.444. The van der Waals surface area contributed by atoms with E-state index in [4.69, 9.17) is 5.11 Å². The first-order chi connectivity index (χ1) is 10.1. The van der Waals surface area contributed by atoms with Gasteiger partial charge in [0.05, 0.1) is 0 Å². The number of rotatable bonds is 8. The van der Waals surface area contributed by atoms with E-state index in [9.17, 15) is 0 Å². The average molecular weight is 303 g/mol. The molecular weight excluding hydrogens is 278 g/mol. The lowest BCUT2D eigenvalue weighted by molar-refractivity contribution is 0.236. The van der Waals surface area contributed by atoms with Crippen molar-refractivity contribution in [3.8, 4) is 10.4 Å². The highest BCUT2D eigenvalue weighted by molar-refractivity contribution is 7.15. The fourth-order valence-corrected chi connectivity index (χ4v) is 3.38. The third-order valence-electron chi connectivity index (χ3n) is 3.63. The lowest BCUT2D eigenvalue weighted by atomic mass is 9.88. The second kappa shape index (κ2) is 7.74. The van der Waals surface area contributed by atoms with Crippen LogP contribution in [0.15, 0.2) is 42.5 Å². The molecule has 0 bridgehead atoms. The molecule has 0 aliphatic heterocycles. The Morgan fingerprint density at radius 2 is 1.86 bits per heavy atom. The SMILES string of the molecule is CC(C)(CCCO)CNCc1ccc(-c2ccccc2)s1. The van der Waals surface area contributed by atoms with Gasteiger partial charge in [0.15, 0.2) is 0 Å². The van der Waals surface area contributed by atoms with Crippen molar-refractivity contribution in [2.75, 3.05) is 13.2 Å². The Kier molecular flexibility index (Phi) is 5.97. The van der Waals surface area contributed by atoms with E-state index in [1.807, 2.05) is 17.4 Å². The predicted molar refractivity (Wildman–Crippen MR) is 91.6 cm³/mol. The summed E-state index contributed by atoms with van der Waals surface area (Å²) < 4.78 is 0. The summed E-state index contributed by atoms with van der Waals surface area (Å²) >= 11 is 1.85. The summed E-state index contributed by atoms with van der Waals surface area (Å²) in [5.74, 6) is 0. The van der Waals surface area contributed by atoms with Crippen molar-refractivity contribution in [1.82, 2.24) is 5.32 Å². The number of hydrogen-bond donors (Lipinski definition) is 2. The standard InChI is InChI=1S/C18H25NOS/c1-18(2,11-6-12-20)14-19-13-16-9-10-17(21-16)15-7-4-3-5-8-15/h3-5,7-10,19-20H,6,11-14H2,1-2H3. The van der Waals surface area contributed by atoms with Gasteiger partial charge in [-0.3, -0.25) is 0 Å². The molecule has 0 saturated heterocycles. The van der Waals surface area contributed by atoms with Gasteiger partial charge in [-0.25, -0.2) is 0 Å². The molecule has 0 fully saturated rings. The van der Waals surface area contributed by atoms with Gasteiger partial charge in [-0.2, -0.15) is 0 Å². The van der Waals surface area contributed by atoms with Crippen LogP contribution in [-0.4, -0.2) is 18.3 Å². The molecule has 0 unspecified atom stereocenters. The molecule has 2 nitrogen and oxygen atoms in total. The zero-order valence-electron chi connectivity index (χ0n) is 12.9. The highest BCUT2D eigenvalue weighted by atomic mass is 32.1. The molecule has 1 aromatic heterocycles. The van der Waals surface area contributed by atoms with E-state index < -0.39 is 0 Å². The van der Waals surface area contributed by atoms with Crippen molar-refractivity contribution in [2.45, 2.75) is 33.2 Å². The van der Waals surface area contributed by atoms with Crippen LogP contribution in [0.5, 0.6) is 0 Å². The van der Waals surface area contributed by atoms with Crippen molar-refractivity contribution in [3.63, 3.8) is 0 Å². The van der Waals surface area contributed by atoms with Crippen LogP contribution in [0.25, 0.3) is 10.4 Å². The van der Waals surface area contributed by atoms with E-state index in [1.54, 1.807) is 0 Å². The third-order valence-corrected chi connectivity index (χ3v) is 4.77. The Hall–Kier alpha value is -1.16. The van der Waals surface area contributed by atoms with E-state index >= 15 is 0 Å². The normalized spacial score (nSPS) is 11.8. The maximum atomic E-state index is 8.93. The molecular formula is C18H25NOS. The van der Waals surface area contributed by atoms with Gasteiger partial charge < -0.3 is 10.4 Å². The van der Waals surface area contributed by atoms with Crippen molar-refractivity contribution in [2.24, 2.45) is 5.41 Å². The molecule has 0 aliphatic rings. The maximum absolute atomic E-state index is 8.93. The molecule has 0 radical (unpaired) electrons. The van der Waals surface area contributed by atoms with Gasteiger partial charge in [-0.15, -0.1) is 11.3 Å². The highest BCUT2D eigenvalue weighted by Crippen LogP contribution is 2.28. The first kappa shape index (κ1) is 16.2. The Bertz CT molecular complexity index is 533. The molecule has 0 aliphatic carbocycles. The van der Waals surface area contributed by atoms with Gasteiger partial charge in [0.2, 0.25) is 0 Å². The quantitative estimate of drug-likeness (QED) is 0.762. The molecule has 114 valence electrons. The number of hydrogen-bond acceptors (Lipinski definition) is 3. The number of thiophene rings is 1. The lowest BCUT2D eigenvalue weighted by Gasteiger charge is -2.24. The lowest BCUT2D eigenvalue weighted by Crippen LogP contribution is -2.29. The molecule has 0 spiro atoms. The molecule has 2 aromatic rings. The minimum atomic E-state index is 0.238. The van der Waals surface area contributed by atoms with Crippen molar-refractivity contribution in [3.05, 3.63) is 47.3 Å². The molecule has 0 saturated carbocycles. The van der Waals surface area contributed by atoms with E-state index in [2.05, 4.69) is 55.6 Å². The number of benzene rings is 1. The largest absolute Gasteiger partial charge is 0.396 e.